The van der Waals surface area contributed by atoms with Crippen LogP contribution in [-0.2, 0) is 13.1 Å². The van der Waals surface area contributed by atoms with Crippen LogP contribution in [0.3, 0.4) is 0 Å². The summed E-state index contributed by atoms with van der Waals surface area (Å²) in [5.74, 6) is 0. The van der Waals surface area contributed by atoms with Crippen molar-refractivity contribution in [2.24, 2.45) is 0 Å². The molecule has 1 atom stereocenters. The van der Waals surface area contributed by atoms with Gasteiger partial charge in [0.05, 0.1) is 0 Å². The maximum atomic E-state index is 3.55. The minimum absolute atomic E-state index is 0.675. The molecule has 17 heavy (non-hydrogen) atoms. The van der Waals surface area contributed by atoms with E-state index >= 15 is 0 Å². The Morgan fingerprint density at radius 2 is 1.82 bits per heavy atom. The van der Waals surface area contributed by atoms with Crippen LogP contribution in [0.25, 0.3) is 0 Å². The van der Waals surface area contributed by atoms with Crippen molar-refractivity contribution >= 4 is 0 Å². The van der Waals surface area contributed by atoms with Crippen LogP contribution in [0.2, 0.25) is 0 Å². The molecule has 2 heteroatoms. The van der Waals surface area contributed by atoms with E-state index in [1.165, 1.54) is 24.0 Å². The Bertz CT molecular complexity index is 324. The Balaban J connectivity index is 1.91. The van der Waals surface area contributed by atoms with Gasteiger partial charge < -0.3 is 5.32 Å². The summed E-state index contributed by atoms with van der Waals surface area (Å²) in [4.78, 5) is 2.60. The first-order valence-electron chi connectivity index (χ1n) is 6.86. The van der Waals surface area contributed by atoms with Gasteiger partial charge in [-0.1, -0.05) is 38.1 Å². The van der Waals surface area contributed by atoms with Gasteiger partial charge in [0.25, 0.3) is 0 Å². The van der Waals surface area contributed by atoms with E-state index in [0.29, 0.717) is 6.04 Å². The number of rotatable bonds is 6. The summed E-state index contributed by atoms with van der Waals surface area (Å²) >= 11 is 0. The lowest BCUT2D eigenvalue weighted by molar-refractivity contribution is 0.189. The zero-order valence-corrected chi connectivity index (χ0v) is 11.1. The molecule has 0 saturated heterocycles. The van der Waals surface area contributed by atoms with E-state index in [2.05, 4.69) is 48.3 Å². The van der Waals surface area contributed by atoms with Crippen molar-refractivity contribution in [1.29, 1.82) is 0 Å². The monoisotopic (exact) mass is 232 g/mol. The third-order valence-electron chi connectivity index (χ3n) is 3.66. The Labute approximate surface area is 105 Å². The molecule has 1 aromatic rings. The van der Waals surface area contributed by atoms with Crippen LogP contribution in [0.1, 0.15) is 37.8 Å². The third kappa shape index (κ3) is 3.08. The molecular weight excluding hydrogens is 208 g/mol. The van der Waals surface area contributed by atoms with Gasteiger partial charge in [0, 0.05) is 25.7 Å². The molecule has 2 nitrogen and oxygen atoms in total. The topological polar surface area (TPSA) is 15.3 Å². The second-order valence-electron chi connectivity index (χ2n) is 4.94. The number of hydrogen-bond acceptors (Lipinski definition) is 2. The summed E-state index contributed by atoms with van der Waals surface area (Å²) in [6.45, 7) is 9.03. The Hall–Kier alpha value is -0.860. The zero-order chi connectivity index (χ0) is 12.1. The predicted molar refractivity (Wildman–Crippen MR) is 72.9 cm³/mol. The van der Waals surface area contributed by atoms with E-state index in [1.54, 1.807) is 0 Å². The summed E-state index contributed by atoms with van der Waals surface area (Å²) < 4.78 is 0. The largest absolute Gasteiger partial charge is 0.315 e. The molecule has 0 fully saturated rings. The highest BCUT2D eigenvalue weighted by Gasteiger charge is 2.23. The number of nitrogens with zero attached hydrogens (tertiary/aromatic N) is 1. The molecule has 0 aliphatic carbocycles. The van der Waals surface area contributed by atoms with E-state index in [9.17, 15) is 0 Å². The summed E-state index contributed by atoms with van der Waals surface area (Å²) in [6, 6.07) is 9.51. The molecule has 1 aromatic carbocycles. The van der Waals surface area contributed by atoms with E-state index in [4.69, 9.17) is 0 Å². The molecule has 1 aliphatic heterocycles. The molecule has 0 radical (unpaired) electrons. The lowest BCUT2D eigenvalue weighted by Crippen LogP contribution is -2.39. The van der Waals surface area contributed by atoms with Crippen LogP contribution in [0.15, 0.2) is 24.3 Å². The number of fused-ring (bicyclic) bond motifs is 1. The Morgan fingerprint density at radius 1 is 1.18 bits per heavy atom. The molecule has 1 aliphatic rings. The van der Waals surface area contributed by atoms with E-state index in [1.807, 2.05) is 0 Å². The molecule has 0 spiro atoms. The quantitative estimate of drug-likeness (QED) is 0.759. The van der Waals surface area contributed by atoms with Crippen LogP contribution in [0, 0.1) is 0 Å². The van der Waals surface area contributed by atoms with Crippen molar-refractivity contribution in [2.45, 2.75) is 45.8 Å². The van der Waals surface area contributed by atoms with E-state index < -0.39 is 0 Å². The Kier molecular flexibility index (Phi) is 4.57. The van der Waals surface area contributed by atoms with Gasteiger partial charge in [-0.3, -0.25) is 4.90 Å². The summed E-state index contributed by atoms with van der Waals surface area (Å²) in [6.07, 6.45) is 2.45. The van der Waals surface area contributed by atoms with Crippen LogP contribution in [0.5, 0.6) is 0 Å². The summed E-state index contributed by atoms with van der Waals surface area (Å²) in [5.41, 5.74) is 3.03. The van der Waals surface area contributed by atoms with Gasteiger partial charge in [-0.25, -0.2) is 0 Å². The van der Waals surface area contributed by atoms with Crippen molar-refractivity contribution in [3.63, 3.8) is 0 Å². The fourth-order valence-electron chi connectivity index (χ4n) is 2.59. The summed E-state index contributed by atoms with van der Waals surface area (Å²) in [7, 11) is 0. The van der Waals surface area contributed by atoms with Crippen LogP contribution < -0.4 is 5.32 Å². The fraction of sp³-hybridized carbons (Fsp3) is 0.600. The number of benzene rings is 1. The van der Waals surface area contributed by atoms with Crippen LogP contribution in [0.4, 0.5) is 0 Å². The second-order valence-corrected chi connectivity index (χ2v) is 4.94. The van der Waals surface area contributed by atoms with Gasteiger partial charge in [0.15, 0.2) is 0 Å². The van der Waals surface area contributed by atoms with E-state index in [0.717, 1.165) is 26.2 Å². The fourth-order valence-corrected chi connectivity index (χ4v) is 2.59. The zero-order valence-electron chi connectivity index (χ0n) is 11.1. The van der Waals surface area contributed by atoms with Crippen molar-refractivity contribution in [3.05, 3.63) is 35.4 Å². The van der Waals surface area contributed by atoms with Gasteiger partial charge in [0.1, 0.15) is 0 Å². The molecular formula is C15H24N2. The molecule has 1 N–H and O–H groups in total. The maximum absolute atomic E-state index is 3.55. The molecule has 1 unspecified atom stereocenters. The smallest absolute Gasteiger partial charge is 0.0244 e. The lowest BCUT2D eigenvalue weighted by atomic mass is 10.1. The van der Waals surface area contributed by atoms with E-state index in [-0.39, 0.29) is 0 Å². The highest BCUT2D eigenvalue weighted by atomic mass is 15.2. The molecule has 1 heterocycles. The van der Waals surface area contributed by atoms with Gasteiger partial charge in [-0.2, -0.15) is 0 Å². The molecule has 0 aromatic heterocycles. The standard InChI is InChI=1S/C15H24N2/c1-3-9-16-10-15(4-2)17-11-13-7-5-6-8-14(13)12-17/h5-8,15-16H,3-4,9-12H2,1-2H3. The first-order valence-corrected chi connectivity index (χ1v) is 6.86. The van der Waals surface area contributed by atoms with Crippen molar-refractivity contribution in [1.82, 2.24) is 10.2 Å². The first kappa shape index (κ1) is 12.6. The minimum Gasteiger partial charge on any atom is -0.315 e. The maximum Gasteiger partial charge on any atom is 0.0244 e. The van der Waals surface area contributed by atoms with Crippen molar-refractivity contribution in [2.75, 3.05) is 13.1 Å². The first-order chi connectivity index (χ1) is 8.35. The SMILES string of the molecule is CCCNCC(CC)N1Cc2ccccc2C1. The molecule has 2 rings (SSSR count). The Morgan fingerprint density at radius 3 is 2.35 bits per heavy atom. The molecule has 94 valence electrons. The van der Waals surface area contributed by atoms with Crippen molar-refractivity contribution in [3.8, 4) is 0 Å². The minimum atomic E-state index is 0.675. The highest BCUT2D eigenvalue weighted by molar-refractivity contribution is 5.30. The number of hydrogen-bond donors (Lipinski definition) is 1. The van der Waals surface area contributed by atoms with Crippen LogP contribution >= 0.6 is 0 Å². The van der Waals surface area contributed by atoms with Crippen molar-refractivity contribution < 1.29 is 0 Å². The molecule has 0 bridgehead atoms. The molecule has 0 saturated carbocycles. The van der Waals surface area contributed by atoms with Gasteiger partial charge >= 0.3 is 0 Å². The molecule has 0 amide bonds. The second kappa shape index (κ2) is 6.18. The average Bonchev–Trinajstić information content (AvgIpc) is 2.78. The van der Waals surface area contributed by atoms with Gasteiger partial charge in [0.2, 0.25) is 0 Å². The number of nitrogens with one attached hydrogen (secondary N) is 1. The highest BCUT2D eigenvalue weighted by Crippen LogP contribution is 2.24. The van der Waals surface area contributed by atoms with Crippen LogP contribution in [-0.4, -0.2) is 24.0 Å². The third-order valence-corrected chi connectivity index (χ3v) is 3.66. The summed E-state index contributed by atoms with van der Waals surface area (Å²) in [5, 5.41) is 3.55. The van der Waals surface area contributed by atoms with Gasteiger partial charge in [-0.15, -0.1) is 0 Å². The lowest BCUT2D eigenvalue weighted by Gasteiger charge is -2.26. The normalized spacial score (nSPS) is 17.1. The average molecular weight is 232 g/mol. The van der Waals surface area contributed by atoms with Gasteiger partial charge in [-0.05, 0) is 30.5 Å². The predicted octanol–water partition coefficient (Wildman–Crippen LogP) is 2.78.